The molecule has 0 saturated heterocycles. The van der Waals surface area contributed by atoms with Crippen LogP contribution in [0.25, 0.3) is 0 Å². The number of alkyl halides is 2. The third-order valence-electron chi connectivity index (χ3n) is 1.43. The van der Waals surface area contributed by atoms with E-state index in [1.807, 2.05) is 0 Å². The van der Waals surface area contributed by atoms with E-state index in [2.05, 4.69) is 9.72 Å². The molecule has 0 aliphatic carbocycles. The first-order valence-electron chi connectivity index (χ1n) is 3.42. The summed E-state index contributed by atoms with van der Waals surface area (Å²) in [5.74, 6) is -0.200. The van der Waals surface area contributed by atoms with Gasteiger partial charge >= 0.3 is 0 Å². The number of rotatable bonds is 2. The Bertz CT molecular complexity index is 346. The van der Waals surface area contributed by atoms with Crippen molar-refractivity contribution in [3.8, 4) is 11.9 Å². The van der Waals surface area contributed by atoms with Crippen LogP contribution in [0.5, 0.6) is 5.88 Å². The summed E-state index contributed by atoms with van der Waals surface area (Å²) in [6.45, 7) is 0. The molecular weight excluding hydrogens is 178 g/mol. The Morgan fingerprint density at radius 1 is 1.54 bits per heavy atom. The van der Waals surface area contributed by atoms with Gasteiger partial charge in [0.15, 0.2) is 0 Å². The Morgan fingerprint density at radius 3 is 2.69 bits per heavy atom. The van der Waals surface area contributed by atoms with Crippen LogP contribution in [-0.2, 0) is 0 Å². The molecule has 1 heterocycles. The molecule has 0 bridgehead atoms. The Kier molecular flexibility index (Phi) is 2.75. The molecule has 0 saturated carbocycles. The van der Waals surface area contributed by atoms with Gasteiger partial charge in [-0.05, 0) is 12.1 Å². The molecule has 0 spiro atoms. The lowest BCUT2D eigenvalue weighted by atomic mass is 10.2. The van der Waals surface area contributed by atoms with Gasteiger partial charge in [0.05, 0.1) is 12.7 Å². The van der Waals surface area contributed by atoms with Crippen LogP contribution >= 0.6 is 0 Å². The van der Waals surface area contributed by atoms with Crippen molar-refractivity contribution in [2.75, 3.05) is 7.11 Å². The number of nitrogens with zero attached hydrogens (tertiary/aromatic N) is 2. The summed E-state index contributed by atoms with van der Waals surface area (Å²) in [4.78, 5) is 3.57. The lowest BCUT2D eigenvalue weighted by Gasteiger charge is -2.05. The molecule has 1 aromatic rings. The van der Waals surface area contributed by atoms with Crippen LogP contribution in [0.2, 0.25) is 0 Å². The van der Waals surface area contributed by atoms with E-state index in [4.69, 9.17) is 5.26 Å². The summed E-state index contributed by atoms with van der Waals surface area (Å²) >= 11 is 0. The van der Waals surface area contributed by atoms with E-state index in [1.165, 1.54) is 13.2 Å². The molecule has 0 aliphatic rings. The fourth-order valence-corrected chi connectivity index (χ4v) is 0.843. The van der Waals surface area contributed by atoms with E-state index >= 15 is 0 Å². The van der Waals surface area contributed by atoms with Gasteiger partial charge in [-0.25, -0.2) is 13.8 Å². The quantitative estimate of drug-likeness (QED) is 0.705. The second kappa shape index (κ2) is 3.81. The molecule has 0 fully saturated rings. The van der Waals surface area contributed by atoms with E-state index in [0.717, 1.165) is 6.07 Å². The summed E-state index contributed by atoms with van der Waals surface area (Å²) in [5.41, 5.74) is -0.247. The summed E-state index contributed by atoms with van der Waals surface area (Å²) in [7, 11) is 1.23. The molecule has 0 aromatic carbocycles. The number of pyridine rings is 1. The number of nitriles is 1. The molecule has 0 N–H and O–H groups in total. The lowest BCUT2D eigenvalue weighted by molar-refractivity contribution is 0.146. The van der Waals surface area contributed by atoms with Gasteiger partial charge in [0.25, 0.3) is 6.43 Å². The Labute approximate surface area is 73.6 Å². The highest BCUT2D eigenvalue weighted by Crippen LogP contribution is 2.26. The third kappa shape index (κ3) is 1.90. The first kappa shape index (κ1) is 9.39. The first-order valence-corrected chi connectivity index (χ1v) is 3.42. The highest BCUT2D eigenvalue weighted by molar-refractivity contribution is 5.33. The minimum absolute atomic E-state index is 0.0567. The second-order valence-corrected chi connectivity index (χ2v) is 2.21. The van der Waals surface area contributed by atoms with Crippen molar-refractivity contribution < 1.29 is 13.5 Å². The van der Waals surface area contributed by atoms with Crippen LogP contribution in [0.3, 0.4) is 0 Å². The van der Waals surface area contributed by atoms with Gasteiger partial charge in [0.2, 0.25) is 5.88 Å². The zero-order valence-corrected chi connectivity index (χ0v) is 6.79. The van der Waals surface area contributed by atoms with Crippen molar-refractivity contribution in [2.45, 2.75) is 6.43 Å². The van der Waals surface area contributed by atoms with Gasteiger partial charge in [-0.1, -0.05) is 0 Å². The van der Waals surface area contributed by atoms with Crippen molar-refractivity contribution in [1.82, 2.24) is 4.98 Å². The maximum atomic E-state index is 12.2. The van der Waals surface area contributed by atoms with Crippen LogP contribution in [0.4, 0.5) is 8.78 Å². The van der Waals surface area contributed by atoms with E-state index in [1.54, 1.807) is 6.07 Å². The molecule has 13 heavy (non-hydrogen) atoms. The van der Waals surface area contributed by atoms with E-state index < -0.39 is 6.43 Å². The molecule has 0 aliphatic heterocycles. The highest BCUT2D eigenvalue weighted by Gasteiger charge is 2.15. The van der Waals surface area contributed by atoms with E-state index in [0.29, 0.717) is 0 Å². The zero-order chi connectivity index (χ0) is 9.84. The average Bonchev–Trinajstić information content (AvgIpc) is 2.16. The zero-order valence-electron chi connectivity index (χ0n) is 6.79. The molecule has 1 aromatic heterocycles. The number of aromatic nitrogens is 1. The van der Waals surface area contributed by atoms with Crippen molar-refractivity contribution in [1.29, 1.82) is 5.26 Å². The Balaban J connectivity index is 3.17. The Hall–Kier alpha value is -1.70. The van der Waals surface area contributed by atoms with Crippen molar-refractivity contribution >= 4 is 0 Å². The number of ether oxygens (including phenoxy) is 1. The summed E-state index contributed by atoms with van der Waals surface area (Å²) in [5, 5.41) is 8.43. The van der Waals surface area contributed by atoms with Crippen molar-refractivity contribution in [3.05, 3.63) is 23.4 Å². The van der Waals surface area contributed by atoms with Gasteiger partial charge in [-0.3, -0.25) is 0 Å². The maximum absolute atomic E-state index is 12.2. The predicted molar refractivity (Wildman–Crippen MR) is 40.5 cm³/mol. The van der Waals surface area contributed by atoms with Crippen LogP contribution in [0.1, 0.15) is 17.7 Å². The summed E-state index contributed by atoms with van der Waals surface area (Å²) in [6.07, 6.45) is -2.64. The number of hydrogen-bond donors (Lipinski definition) is 0. The normalized spacial score (nSPS) is 9.77. The molecule has 0 unspecified atom stereocenters. The largest absolute Gasteiger partial charge is 0.481 e. The summed E-state index contributed by atoms with van der Waals surface area (Å²) in [6, 6.07) is 4.09. The van der Waals surface area contributed by atoms with Crippen LogP contribution in [0.15, 0.2) is 12.1 Å². The van der Waals surface area contributed by atoms with Crippen molar-refractivity contribution in [3.63, 3.8) is 0 Å². The van der Waals surface area contributed by atoms with Gasteiger partial charge in [-0.2, -0.15) is 5.26 Å². The average molecular weight is 184 g/mol. The smallest absolute Gasteiger partial charge is 0.269 e. The second-order valence-electron chi connectivity index (χ2n) is 2.21. The predicted octanol–water partition coefficient (Wildman–Crippen LogP) is 1.90. The van der Waals surface area contributed by atoms with Gasteiger partial charge in [0.1, 0.15) is 11.8 Å². The van der Waals surface area contributed by atoms with Crippen molar-refractivity contribution in [2.24, 2.45) is 0 Å². The number of halogens is 2. The molecule has 5 heteroatoms. The molecule has 0 radical (unpaired) electrons. The minimum Gasteiger partial charge on any atom is -0.481 e. The lowest BCUT2D eigenvalue weighted by Crippen LogP contribution is -1.97. The van der Waals surface area contributed by atoms with Crippen LogP contribution in [0, 0.1) is 11.3 Å². The van der Waals surface area contributed by atoms with Crippen LogP contribution < -0.4 is 4.74 Å². The standard InChI is InChI=1S/C8H6F2N2O/c1-13-8-6(7(9)10)3-2-5(4-11)12-8/h2-3,7H,1H3. The van der Waals surface area contributed by atoms with E-state index in [-0.39, 0.29) is 17.1 Å². The van der Waals surface area contributed by atoms with Crippen LogP contribution in [-0.4, -0.2) is 12.1 Å². The number of methoxy groups -OCH3 is 1. The first-order chi connectivity index (χ1) is 6.19. The third-order valence-corrected chi connectivity index (χ3v) is 1.43. The topological polar surface area (TPSA) is 45.9 Å². The molecule has 1 rings (SSSR count). The molecule has 0 amide bonds. The molecule has 3 nitrogen and oxygen atoms in total. The maximum Gasteiger partial charge on any atom is 0.269 e. The van der Waals surface area contributed by atoms with Gasteiger partial charge in [0, 0.05) is 0 Å². The molecular formula is C8H6F2N2O. The fourth-order valence-electron chi connectivity index (χ4n) is 0.843. The summed E-state index contributed by atoms with van der Waals surface area (Å²) < 4.78 is 29.1. The fraction of sp³-hybridized carbons (Fsp3) is 0.250. The number of hydrogen-bond acceptors (Lipinski definition) is 3. The van der Waals surface area contributed by atoms with Gasteiger partial charge in [-0.15, -0.1) is 0 Å². The molecule has 68 valence electrons. The molecule has 0 atom stereocenters. The monoisotopic (exact) mass is 184 g/mol. The highest BCUT2D eigenvalue weighted by atomic mass is 19.3. The SMILES string of the molecule is COc1nc(C#N)ccc1C(F)F. The Morgan fingerprint density at radius 2 is 2.23 bits per heavy atom. The van der Waals surface area contributed by atoms with E-state index in [9.17, 15) is 8.78 Å². The van der Waals surface area contributed by atoms with Gasteiger partial charge < -0.3 is 4.74 Å². The minimum atomic E-state index is -2.64.